The summed E-state index contributed by atoms with van der Waals surface area (Å²) in [6, 6.07) is 9.08. The molecule has 2 nitrogen and oxygen atoms in total. The number of nitrogens with zero attached hydrogens (tertiary/aromatic N) is 2. The first-order valence-corrected chi connectivity index (χ1v) is 9.01. The Kier molecular flexibility index (Phi) is 9.35. The molecule has 0 bridgehead atoms. The first-order valence-electron chi connectivity index (χ1n) is 9.01. The Morgan fingerprint density at radius 2 is 1.57 bits per heavy atom. The zero-order valence-corrected chi connectivity index (χ0v) is 15.8. The second kappa shape index (κ2) is 11.0. The molecule has 0 unspecified atom stereocenters. The molecule has 1 rings (SSSR count). The summed E-state index contributed by atoms with van der Waals surface area (Å²) in [5, 5.41) is 0. The molecule has 0 saturated heterocycles. The van der Waals surface area contributed by atoms with Gasteiger partial charge in [-0.05, 0) is 24.0 Å². The molecule has 0 atom stereocenters. The average Bonchev–Trinajstić information content (AvgIpc) is 2.50. The Bertz CT molecular complexity index is 491. The molecule has 2 heteroatoms. The van der Waals surface area contributed by atoms with Crippen molar-refractivity contribution >= 4 is 11.8 Å². The number of aryl methyl sites for hydroxylation is 1. The Labute approximate surface area is 143 Å². The maximum absolute atomic E-state index is 2.29. The van der Waals surface area contributed by atoms with Crippen LogP contribution in [0.3, 0.4) is 0 Å². The number of benzene rings is 1. The summed E-state index contributed by atoms with van der Waals surface area (Å²) in [4.78, 5) is 2.10. The maximum Gasteiger partial charge on any atom is 0.172 e. The third kappa shape index (κ3) is 8.59. The number of hydrogen-bond donors (Lipinski definition) is 0. The van der Waals surface area contributed by atoms with Crippen LogP contribution in [0.15, 0.2) is 30.5 Å². The van der Waals surface area contributed by atoms with Gasteiger partial charge in [-0.25, -0.2) is 4.58 Å². The van der Waals surface area contributed by atoms with E-state index >= 15 is 0 Å². The third-order valence-corrected chi connectivity index (χ3v) is 3.90. The second-order valence-electron chi connectivity index (χ2n) is 6.86. The molecule has 0 aromatic heterocycles. The second-order valence-corrected chi connectivity index (χ2v) is 6.86. The van der Waals surface area contributed by atoms with Gasteiger partial charge in [-0.3, -0.25) is 0 Å². The molecule has 23 heavy (non-hydrogen) atoms. The summed E-state index contributed by atoms with van der Waals surface area (Å²) in [5.41, 5.74) is 3.98. The largest absolute Gasteiger partial charge is 0.383 e. The predicted molar refractivity (Wildman–Crippen MR) is 103 cm³/mol. The van der Waals surface area contributed by atoms with Gasteiger partial charge >= 0.3 is 0 Å². The van der Waals surface area contributed by atoms with Crippen LogP contribution in [0.25, 0.3) is 5.57 Å². The van der Waals surface area contributed by atoms with Gasteiger partial charge in [-0.15, -0.1) is 0 Å². The standard InChI is InChI=1S/C21H35N2/c1-6-7-8-9-10-11-12-19-13-15-20(16-14-19)21(17-22(2)3)18-23(4)5/h13-18H,6-12H2,1-5H3/q+1. The minimum absolute atomic E-state index is 1.20. The Balaban J connectivity index is 2.59. The molecule has 128 valence electrons. The number of unbranched alkanes of at least 4 members (excludes halogenated alkanes) is 5. The molecule has 1 aromatic rings. The fraction of sp³-hybridized carbons (Fsp3) is 0.571. The van der Waals surface area contributed by atoms with Crippen LogP contribution in [0.5, 0.6) is 0 Å². The number of allylic oxidation sites excluding steroid dienone is 1. The molecule has 1 aromatic carbocycles. The van der Waals surface area contributed by atoms with Crippen LogP contribution in [-0.4, -0.2) is 43.9 Å². The highest BCUT2D eigenvalue weighted by molar-refractivity contribution is 6.07. The van der Waals surface area contributed by atoms with Crippen molar-refractivity contribution in [2.24, 2.45) is 0 Å². The van der Waals surface area contributed by atoms with Crippen LogP contribution in [0.4, 0.5) is 0 Å². The first kappa shape index (κ1) is 19.5. The van der Waals surface area contributed by atoms with Crippen molar-refractivity contribution in [2.45, 2.75) is 51.9 Å². The monoisotopic (exact) mass is 315 g/mol. The maximum atomic E-state index is 2.29. The fourth-order valence-electron chi connectivity index (χ4n) is 2.71. The highest BCUT2D eigenvalue weighted by Gasteiger charge is 2.04. The topological polar surface area (TPSA) is 6.25 Å². The smallest absolute Gasteiger partial charge is 0.172 e. The molecule has 0 radical (unpaired) electrons. The van der Waals surface area contributed by atoms with Crippen molar-refractivity contribution in [3.05, 3.63) is 41.6 Å². The third-order valence-electron chi connectivity index (χ3n) is 3.90. The minimum atomic E-state index is 1.20. The minimum Gasteiger partial charge on any atom is -0.383 e. The average molecular weight is 316 g/mol. The molecule has 0 aliphatic rings. The van der Waals surface area contributed by atoms with Crippen molar-refractivity contribution in [2.75, 3.05) is 28.2 Å². The van der Waals surface area contributed by atoms with Crippen LogP contribution in [0.1, 0.15) is 56.6 Å². The lowest BCUT2D eigenvalue weighted by Crippen LogP contribution is -2.07. The summed E-state index contributed by atoms with van der Waals surface area (Å²) in [7, 11) is 8.26. The van der Waals surface area contributed by atoms with E-state index < -0.39 is 0 Å². The SMILES string of the molecule is CCCCCCCCc1ccc(C(=CN(C)C)C=[N+](C)C)cc1. The van der Waals surface area contributed by atoms with E-state index in [1.165, 1.54) is 61.6 Å². The van der Waals surface area contributed by atoms with Gasteiger partial charge < -0.3 is 4.90 Å². The van der Waals surface area contributed by atoms with E-state index in [1.807, 2.05) is 0 Å². The zero-order chi connectivity index (χ0) is 17.1. The van der Waals surface area contributed by atoms with Gasteiger partial charge in [-0.2, -0.15) is 0 Å². The van der Waals surface area contributed by atoms with E-state index in [9.17, 15) is 0 Å². The molecular formula is C21H35N2+. The van der Waals surface area contributed by atoms with E-state index in [0.29, 0.717) is 0 Å². The summed E-state index contributed by atoms with van der Waals surface area (Å²) in [6.07, 6.45) is 13.7. The van der Waals surface area contributed by atoms with Gasteiger partial charge in [0, 0.05) is 20.3 Å². The summed E-state index contributed by atoms with van der Waals surface area (Å²) in [5.74, 6) is 0. The lowest BCUT2D eigenvalue weighted by Gasteiger charge is -2.09. The summed E-state index contributed by atoms with van der Waals surface area (Å²) in [6.45, 7) is 2.27. The van der Waals surface area contributed by atoms with Gasteiger partial charge in [0.15, 0.2) is 6.21 Å². The molecule has 0 fully saturated rings. The normalized spacial score (nSPS) is 11.4. The quantitative estimate of drug-likeness (QED) is 0.340. The van der Waals surface area contributed by atoms with E-state index in [1.54, 1.807) is 0 Å². The fourth-order valence-corrected chi connectivity index (χ4v) is 2.71. The van der Waals surface area contributed by atoms with E-state index in [-0.39, 0.29) is 0 Å². The van der Waals surface area contributed by atoms with Crippen LogP contribution in [0.2, 0.25) is 0 Å². The van der Waals surface area contributed by atoms with Crippen LogP contribution in [-0.2, 0) is 6.42 Å². The van der Waals surface area contributed by atoms with Crippen molar-refractivity contribution < 1.29 is 4.58 Å². The number of hydrogen-bond acceptors (Lipinski definition) is 1. The Hall–Kier alpha value is -1.57. The van der Waals surface area contributed by atoms with Gasteiger partial charge in [0.2, 0.25) is 0 Å². The summed E-state index contributed by atoms with van der Waals surface area (Å²) >= 11 is 0. The number of rotatable bonds is 10. The van der Waals surface area contributed by atoms with Crippen molar-refractivity contribution in [1.82, 2.24) is 4.90 Å². The molecule has 0 spiro atoms. The molecule has 0 N–H and O–H groups in total. The molecule has 0 saturated carbocycles. The van der Waals surface area contributed by atoms with Crippen LogP contribution < -0.4 is 0 Å². The van der Waals surface area contributed by atoms with Crippen molar-refractivity contribution in [3.63, 3.8) is 0 Å². The first-order chi connectivity index (χ1) is 11.0. The zero-order valence-electron chi connectivity index (χ0n) is 15.8. The van der Waals surface area contributed by atoms with Crippen LogP contribution in [0, 0.1) is 0 Å². The Morgan fingerprint density at radius 3 is 2.13 bits per heavy atom. The highest BCUT2D eigenvalue weighted by Crippen LogP contribution is 2.16. The van der Waals surface area contributed by atoms with Gasteiger partial charge in [-0.1, -0.05) is 63.3 Å². The molecule has 0 aliphatic heterocycles. The van der Waals surface area contributed by atoms with E-state index in [4.69, 9.17) is 0 Å². The highest BCUT2D eigenvalue weighted by atomic mass is 15.0. The van der Waals surface area contributed by atoms with Gasteiger partial charge in [0.1, 0.15) is 14.1 Å². The van der Waals surface area contributed by atoms with E-state index in [0.717, 1.165) is 0 Å². The predicted octanol–water partition coefficient (Wildman–Crippen LogP) is 4.84. The molecule has 0 amide bonds. The van der Waals surface area contributed by atoms with Crippen molar-refractivity contribution in [3.8, 4) is 0 Å². The van der Waals surface area contributed by atoms with Crippen LogP contribution >= 0.6 is 0 Å². The lowest BCUT2D eigenvalue weighted by molar-refractivity contribution is -0.458. The molecule has 0 aliphatic carbocycles. The van der Waals surface area contributed by atoms with Crippen molar-refractivity contribution in [1.29, 1.82) is 0 Å². The molecule has 0 heterocycles. The molecular weight excluding hydrogens is 280 g/mol. The lowest BCUT2D eigenvalue weighted by atomic mass is 10.0. The Morgan fingerprint density at radius 1 is 0.957 bits per heavy atom. The van der Waals surface area contributed by atoms with Gasteiger partial charge in [0.25, 0.3) is 0 Å². The van der Waals surface area contributed by atoms with Gasteiger partial charge in [0.05, 0.1) is 5.57 Å². The van der Waals surface area contributed by atoms with E-state index in [2.05, 4.69) is 81.3 Å². The summed E-state index contributed by atoms with van der Waals surface area (Å²) < 4.78 is 2.10.